The zero-order valence-electron chi connectivity index (χ0n) is 7.35. The summed E-state index contributed by atoms with van der Waals surface area (Å²) >= 11 is 0. The van der Waals surface area contributed by atoms with Gasteiger partial charge in [-0.1, -0.05) is 0 Å². The topological polar surface area (TPSA) is 70.0 Å². The van der Waals surface area contributed by atoms with E-state index in [0.717, 1.165) is 0 Å². The fourth-order valence-corrected chi connectivity index (χ4v) is 1.17. The first-order valence-electron chi connectivity index (χ1n) is 3.57. The standard InChI is InChI=1S/C7H10N2O3.ClH/c1-4-5(3-6(10)11)7(12)9(2)8-4;/h5H,3H2,1-2H3,(H,10,11);1H. The minimum Gasteiger partial charge on any atom is -0.481 e. The Bertz CT molecular complexity index is 264. The number of hydrogen-bond acceptors (Lipinski definition) is 3. The van der Waals surface area contributed by atoms with Crippen LogP contribution in [0.2, 0.25) is 0 Å². The van der Waals surface area contributed by atoms with Crippen molar-refractivity contribution < 1.29 is 14.7 Å². The summed E-state index contributed by atoms with van der Waals surface area (Å²) in [4.78, 5) is 21.5. The van der Waals surface area contributed by atoms with Crippen LogP contribution < -0.4 is 0 Å². The number of aliphatic carboxylic acids is 1. The Labute approximate surface area is 81.8 Å². The third-order valence-electron chi connectivity index (χ3n) is 1.81. The van der Waals surface area contributed by atoms with E-state index in [0.29, 0.717) is 5.71 Å². The monoisotopic (exact) mass is 206 g/mol. The molecular formula is C7H11ClN2O3. The summed E-state index contributed by atoms with van der Waals surface area (Å²) in [6.07, 6.45) is -0.168. The summed E-state index contributed by atoms with van der Waals surface area (Å²) in [5.74, 6) is -1.78. The average Bonchev–Trinajstić information content (AvgIpc) is 2.16. The molecule has 6 heteroatoms. The van der Waals surface area contributed by atoms with Gasteiger partial charge >= 0.3 is 5.97 Å². The fourth-order valence-electron chi connectivity index (χ4n) is 1.17. The Hall–Kier alpha value is -1.10. The molecule has 13 heavy (non-hydrogen) atoms. The highest BCUT2D eigenvalue weighted by atomic mass is 35.5. The molecule has 0 fully saturated rings. The molecule has 0 aromatic heterocycles. The van der Waals surface area contributed by atoms with Gasteiger partial charge in [0, 0.05) is 12.8 Å². The Morgan fingerprint density at radius 3 is 2.54 bits per heavy atom. The molecule has 1 N–H and O–H groups in total. The van der Waals surface area contributed by atoms with Crippen molar-refractivity contribution in [2.45, 2.75) is 13.3 Å². The van der Waals surface area contributed by atoms with Gasteiger partial charge in [-0.2, -0.15) is 5.10 Å². The number of carboxylic acid groups (broad SMARTS) is 1. The lowest BCUT2D eigenvalue weighted by Crippen LogP contribution is -2.26. The minimum absolute atomic E-state index is 0. The van der Waals surface area contributed by atoms with Gasteiger partial charge in [0.2, 0.25) is 0 Å². The van der Waals surface area contributed by atoms with Crippen LogP contribution in [0, 0.1) is 5.92 Å². The third-order valence-corrected chi connectivity index (χ3v) is 1.81. The Morgan fingerprint density at radius 1 is 1.69 bits per heavy atom. The quantitative estimate of drug-likeness (QED) is 0.709. The second-order valence-electron chi connectivity index (χ2n) is 2.75. The number of carboxylic acids is 1. The van der Waals surface area contributed by atoms with Gasteiger partial charge in [0.1, 0.15) is 0 Å². The number of hydrogen-bond donors (Lipinski definition) is 1. The second-order valence-corrected chi connectivity index (χ2v) is 2.75. The number of nitrogens with zero attached hydrogens (tertiary/aromatic N) is 2. The smallest absolute Gasteiger partial charge is 0.304 e. The lowest BCUT2D eigenvalue weighted by atomic mass is 10.0. The highest BCUT2D eigenvalue weighted by Crippen LogP contribution is 2.16. The number of amides is 1. The van der Waals surface area contributed by atoms with Crippen LogP contribution >= 0.6 is 12.4 Å². The van der Waals surface area contributed by atoms with E-state index in [-0.39, 0.29) is 24.7 Å². The molecule has 1 atom stereocenters. The highest BCUT2D eigenvalue weighted by Gasteiger charge is 2.32. The van der Waals surface area contributed by atoms with Crippen molar-refractivity contribution in [1.82, 2.24) is 5.01 Å². The van der Waals surface area contributed by atoms with Gasteiger partial charge in [-0.05, 0) is 6.92 Å². The van der Waals surface area contributed by atoms with E-state index in [4.69, 9.17) is 5.11 Å². The highest BCUT2D eigenvalue weighted by molar-refractivity contribution is 6.08. The zero-order valence-corrected chi connectivity index (χ0v) is 8.17. The van der Waals surface area contributed by atoms with Crippen molar-refractivity contribution in [3.63, 3.8) is 0 Å². The van der Waals surface area contributed by atoms with Crippen LogP contribution in [0.15, 0.2) is 5.10 Å². The van der Waals surface area contributed by atoms with Crippen LogP contribution in [0.25, 0.3) is 0 Å². The molecule has 0 saturated heterocycles. The summed E-state index contributed by atoms with van der Waals surface area (Å²) in [5, 5.41) is 13.5. The number of carbonyl (C=O) groups is 2. The number of halogens is 1. The lowest BCUT2D eigenvalue weighted by Gasteiger charge is -2.06. The van der Waals surface area contributed by atoms with Crippen molar-refractivity contribution in [2.24, 2.45) is 11.0 Å². The van der Waals surface area contributed by atoms with E-state index >= 15 is 0 Å². The number of carbonyl (C=O) groups excluding carboxylic acids is 1. The molecule has 0 aromatic rings. The van der Waals surface area contributed by atoms with Gasteiger partial charge in [0.25, 0.3) is 5.91 Å². The molecule has 1 aliphatic heterocycles. The Morgan fingerprint density at radius 2 is 2.23 bits per heavy atom. The number of hydrazone groups is 1. The van der Waals surface area contributed by atoms with E-state index < -0.39 is 11.9 Å². The molecular weight excluding hydrogens is 196 g/mol. The zero-order chi connectivity index (χ0) is 9.30. The average molecular weight is 207 g/mol. The molecule has 0 aliphatic carbocycles. The maximum atomic E-state index is 11.2. The SMILES string of the molecule is CC1=NN(C)C(=O)C1CC(=O)O.Cl. The van der Waals surface area contributed by atoms with Crippen molar-refractivity contribution in [1.29, 1.82) is 0 Å². The van der Waals surface area contributed by atoms with E-state index in [2.05, 4.69) is 5.10 Å². The molecule has 1 amide bonds. The molecule has 1 aliphatic rings. The van der Waals surface area contributed by atoms with Gasteiger partial charge in [-0.3, -0.25) is 9.59 Å². The molecule has 74 valence electrons. The van der Waals surface area contributed by atoms with Crippen molar-refractivity contribution in [2.75, 3.05) is 7.05 Å². The largest absolute Gasteiger partial charge is 0.481 e. The minimum atomic E-state index is -0.974. The van der Waals surface area contributed by atoms with Crippen LogP contribution in [0.5, 0.6) is 0 Å². The predicted molar refractivity (Wildman–Crippen MR) is 48.9 cm³/mol. The van der Waals surface area contributed by atoms with Crippen LogP contribution in [-0.4, -0.2) is 34.8 Å². The van der Waals surface area contributed by atoms with Crippen LogP contribution in [0.3, 0.4) is 0 Å². The molecule has 0 saturated carbocycles. The third kappa shape index (κ3) is 2.42. The molecule has 1 rings (SSSR count). The van der Waals surface area contributed by atoms with Gasteiger partial charge in [-0.15, -0.1) is 12.4 Å². The molecule has 5 nitrogen and oxygen atoms in total. The molecule has 0 radical (unpaired) electrons. The second kappa shape index (κ2) is 4.23. The van der Waals surface area contributed by atoms with E-state index in [1.54, 1.807) is 6.92 Å². The van der Waals surface area contributed by atoms with Crippen LogP contribution in [0.1, 0.15) is 13.3 Å². The summed E-state index contributed by atoms with van der Waals surface area (Å²) in [7, 11) is 1.52. The first-order chi connectivity index (χ1) is 5.52. The number of rotatable bonds is 2. The Kier molecular flexibility index (Phi) is 3.87. The fraction of sp³-hybridized carbons (Fsp3) is 0.571. The maximum absolute atomic E-state index is 11.2. The summed E-state index contributed by atoms with van der Waals surface area (Å²) in [6, 6.07) is 0. The van der Waals surface area contributed by atoms with Crippen molar-refractivity contribution in [3.05, 3.63) is 0 Å². The first kappa shape index (κ1) is 11.9. The van der Waals surface area contributed by atoms with Gasteiger partial charge < -0.3 is 5.11 Å². The molecule has 0 spiro atoms. The Balaban J connectivity index is 0.00000144. The molecule has 0 bridgehead atoms. The maximum Gasteiger partial charge on any atom is 0.304 e. The van der Waals surface area contributed by atoms with E-state index in [9.17, 15) is 9.59 Å². The van der Waals surface area contributed by atoms with Crippen LogP contribution in [0.4, 0.5) is 0 Å². The van der Waals surface area contributed by atoms with Crippen LogP contribution in [-0.2, 0) is 9.59 Å². The predicted octanol–water partition coefficient (Wildman–Crippen LogP) is 0.347. The van der Waals surface area contributed by atoms with E-state index in [1.807, 2.05) is 0 Å². The summed E-state index contributed by atoms with van der Waals surface area (Å²) in [5.41, 5.74) is 0.574. The summed E-state index contributed by atoms with van der Waals surface area (Å²) in [6.45, 7) is 1.66. The van der Waals surface area contributed by atoms with Gasteiger partial charge in [0.15, 0.2) is 0 Å². The van der Waals surface area contributed by atoms with Gasteiger partial charge in [-0.25, -0.2) is 5.01 Å². The summed E-state index contributed by atoms with van der Waals surface area (Å²) < 4.78 is 0. The van der Waals surface area contributed by atoms with E-state index in [1.165, 1.54) is 12.1 Å². The van der Waals surface area contributed by atoms with Gasteiger partial charge in [0.05, 0.1) is 12.3 Å². The lowest BCUT2D eigenvalue weighted by molar-refractivity contribution is -0.141. The molecule has 0 aromatic carbocycles. The molecule has 1 unspecified atom stereocenters. The first-order valence-corrected chi connectivity index (χ1v) is 3.57. The van der Waals surface area contributed by atoms with Crippen molar-refractivity contribution >= 4 is 30.0 Å². The normalized spacial score (nSPS) is 21.1. The molecule has 1 heterocycles. The van der Waals surface area contributed by atoms with Crippen molar-refractivity contribution in [3.8, 4) is 0 Å².